The molecule has 0 fully saturated rings. The van der Waals surface area contributed by atoms with Crippen LogP contribution in [0.3, 0.4) is 0 Å². The fourth-order valence-electron chi connectivity index (χ4n) is 3.77. The second-order valence-electron chi connectivity index (χ2n) is 7.83. The van der Waals surface area contributed by atoms with Gasteiger partial charge in [-0.15, -0.1) is 0 Å². The Bertz CT molecular complexity index is 1360. The minimum atomic E-state index is -0.170. The van der Waals surface area contributed by atoms with Crippen molar-refractivity contribution < 1.29 is 19.0 Å². The Kier molecular flexibility index (Phi) is 6.54. The van der Waals surface area contributed by atoms with Crippen LogP contribution in [0.25, 0.3) is 11.4 Å². The highest BCUT2D eigenvalue weighted by atomic mass is 32.2. The number of carbonyl (C=O) groups is 1. The zero-order valence-corrected chi connectivity index (χ0v) is 20.1. The van der Waals surface area contributed by atoms with Crippen LogP contribution < -0.4 is 19.5 Å². The first-order chi connectivity index (χ1) is 17.1. The van der Waals surface area contributed by atoms with E-state index in [-0.39, 0.29) is 11.7 Å². The van der Waals surface area contributed by atoms with Gasteiger partial charge in [0.25, 0.3) is 0 Å². The second kappa shape index (κ2) is 10.1. The number of ether oxygens (including phenoxy) is 3. The molecule has 1 N–H and O–H groups in total. The number of anilines is 1. The number of thioether (sulfide) groups is 1. The van der Waals surface area contributed by atoms with Crippen LogP contribution in [-0.2, 0) is 11.2 Å². The molecule has 7 nitrogen and oxygen atoms in total. The molecule has 1 aliphatic rings. The van der Waals surface area contributed by atoms with Gasteiger partial charge in [-0.25, -0.2) is 4.98 Å². The summed E-state index contributed by atoms with van der Waals surface area (Å²) in [6.45, 7) is 0. The molecule has 176 valence electrons. The Hall–Kier alpha value is -4.04. The van der Waals surface area contributed by atoms with Gasteiger partial charge < -0.3 is 19.5 Å². The molecular formula is C27H23N3O4S. The number of hydrogen-bond donors (Lipinski definition) is 1. The van der Waals surface area contributed by atoms with Crippen LogP contribution in [0.2, 0.25) is 0 Å². The average molecular weight is 486 g/mol. The van der Waals surface area contributed by atoms with E-state index in [1.807, 2.05) is 54.6 Å². The van der Waals surface area contributed by atoms with E-state index in [9.17, 15) is 4.79 Å². The first-order valence-corrected chi connectivity index (χ1v) is 12.0. The van der Waals surface area contributed by atoms with Crippen LogP contribution in [-0.4, -0.2) is 35.8 Å². The van der Waals surface area contributed by atoms with Gasteiger partial charge in [-0.2, -0.15) is 4.98 Å². The molecule has 8 heteroatoms. The fraction of sp³-hybridized carbons (Fsp3) is 0.148. The normalized spacial score (nSPS) is 11.6. The van der Waals surface area contributed by atoms with E-state index in [0.29, 0.717) is 35.3 Å². The number of nitrogens with zero attached hydrogens (tertiary/aromatic N) is 2. The van der Waals surface area contributed by atoms with Crippen molar-refractivity contribution in [1.82, 2.24) is 9.97 Å². The number of nitrogens with one attached hydrogen (secondary N) is 1. The van der Waals surface area contributed by atoms with Crippen molar-refractivity contribution in [1.29, 1.82) is 0 Å². The largest absolute Gasteiger partial charge is 0.497 e. The summed E-state index contributed by atoms with van der Waals surface area (Å²) in [6, 6.07) is 22.9. The van der Waals surface area contributed by atoms with Crippen molar-refractivity contribution in [2.45, 2.75) is 11.4 Å². The summed E-state index contributed by atoms with van der Waals surface area (Å²) in [5, 5.41) is 3.63. The molecule has 2 heterocycles. The Balaban J connectivity index is 1.40. The summed E-state index contributed by atoms with van der Waals surface area (Å²) in [6.07, 6.45) is 0.637. The van der Waals surface area contributed by atoms with Crippen LogP contribution in [0.4, 0.5) is 5.69 Å². The lowest BCUT2D eigenvalue weighted by Gasteiger charge is -2.21. The third kappa shape index (κ3) is 5.07. The van der Waals surface area contributed by atoms with E-state index in [1.54, 1.807) is 32.4 Å². The van der Waals surface area contributed by atoms with E-state index >= 15 is 0 Å². The number of benzene rings is 3. The van der Waals surface area contributed by atoms with E-state index in [2.05, 4.69) is 5.32 Å². The Morgan fingerprint density at radius 2 is 1.69 bits per heavy atom. The van der Waals surface area contributed by atoms with E-state index in [0.717, 1.165) is 27.5 Å². The predicted octanol–water partition coefficient (Wildman–Crippen LogP) is 5.59. The van der Waals surface area contributed by atoms with Crippen molar-refractivity contribution in [2.75, 3.05) is 25.3 Å². The first-order valence-electron chi connectivity index (χ1n) is 11.0. The van der Waals surface area contributed by atoms with Gasteiger partial charge >= 0.3 is 0 Å². The maximum Gasteiger partial charge on any atom is 0.234 e. The van der Waals surface area contributed by atoms with Crippen molar-refractivity contribution in [3.05, 3.63) is 83.9 Å². The Morgan fingerprint density at radius 1 is 0.971 bits per heavy atom. The van der Waals surface area contributed by atoms with Gasteiger partial charge in [-0.05, 0) is 11.6 Å². The molecule has 0 radical (unpaired) electrons. The monoisotopic (exact) mass is 485 g/mol. The Morgan fingerprint density at radius 3 is 2.43 bits per heavy atom. The summed E-state index contributed by atoms with van der Waals surface area (Å²) < 4.78 is 16.7. The summed E-state index contributed by atoms with van der Waals surface area (Å²) in [4.78, 5) is 22.3. The quantitative estimate of drug-likeness (QED) is 0.238. The minimum absolute atomic E-state index is 0.166. The highest BCUT2D eigenvalue weighted by Gasteiger charge is 2.24. The predicted molar refractivity (Wildman–Crippen MR) is 136 cm³/mol. The number of para-hydroxylation sites is 1. The summed E-state index contributed by atoms with van der Waals surface area (Å²) in [7, 11) is 3.14. The summed E-state index contributed by atoms with van der Waals surface area (Å²) in [5.41, 5.74) is 3.42. The highest BCUT2D eigenvalue weighted by molar-refractivity contribution is 8.00. The van der Waals surface area contributed by atoms with E-state index < -0.39 is 0 Å². The third-order valence-corrected chi connectivity index (χ3v) is 6.50. The molecule has 0 saturated carbocycles. The second-order valence-corrected chi connectivity index (χ2v) is 8.79. The molecular weight excluding hydrogens is 462 g/mol. The van der Waals surface area contributed by atoms with Crippen molar-refractivity contribution in [3.8, 4) is 34.5 Å². The maximum absolute atomic E-state index is 12.8. The molecule has 1 amide bonds. The van der Waals surface area contributed by atoms with Crippen molar-refractivity contribution in [2.24, 2.45) is 0 Å². The van der Waals surface area contributed by atoms with Crippen LogP contribution >= 0.6 is 11.8 Å². The zero-order chi connectivity index (χ0) is 24.2. The van der Waals surface area contributed by atoms with Crippen molar-refractivity contribution in [3.63, 3.8) is 0 Å². The van der Waals surface area contributed by atoms with Gasteiger partial charge in [0.05, 0.1) is 25.5 Å². The summed E-state index contributed by atoms with van der Waals surface area (Å²) >= 11 is 1.36. The standard InChI is InChI=1S/C27H23N3O4S/c1-32-20-13-19(14-21(15-20)33-2)28-24(31)16-35-27-22-12-18-10-6-7-11-23(18)34-26(22)29-25(30-27)17-8-4-3-5-9-17/h3-11,13-15H,12,16H2,1-2H3,(H,28,31). The highest BCUT2D eigenvalue weighted by Crippen LogP contribution is 2.40. The fourth-order valence-corrected chi connectivity index (χ4v) is 4.59. The molecule has 0 atom stereocenters. The van der Waals surface area contributed by atoms with E-state index in [1.165, 1.54) is 11.8 Å². The lowest BCUT2D eigenvalue weighted by atomic mass is 10.0. The third-order valence-electron chi connectivity index (χ3n) is 5.48. The van der Waals surface area contributed by atoms with E-state index in [4.69, 9.17) is 24.2 Å². The lowest BCUT2D eigenvalue weighted by molar-refractivity contribution is -0.113. The molecule has 0 unspecified atom stereocenters. The molecule has 0 bridgehead atoms. The number of rotatable bonds is 7. The van der Waals surface area contributed by atoms with Gasteiger partial charge in [-0.1, -0.05) is 60.3 Å². The van der Waals surface area contributed by atoms with Crippen LogP contribution in [0.5, 0.6) is 23.1 Å². The topological polar surface area (TPSA) is 82.6 Å². The van der Waals surface area contributed by atoms with Gasteiger partial charge in [0.2, 0.25) is 11.8 Å². The number of amides is 1. The number of hydrogen-bond acceptors (Lipinski definition) is 7. The molecule has 1 aliphatic heterocycles. The number of methoxy groups -OCH3 is 2. The molecule has 4 aromatic rings. The maximum atomic E-state index is 12.8. The number of carbonyl (C=O) groups excluding carboxylic acids is 1. The minimum Gasteiger partial charge on any atom is -0.497 e. The number of aromatic nitrogens is 2. The lowest BCUT2D eigenvalue weighted by Crippen LogP contribution is -2.15. The van der Waals surface area contributed by atoms with Crippen LogP contribution in [0, 0.1) is 0 Å². The zero-order valence-electron chi connectivity index (χ0n) is 19.3. The van der Waals surface area contributed by atoms with Crippen LogP contribution in [0.1, 0.15) is 11.1 Å². The molecule has 0 aliphatic carbocycles. The van der Waals surface area contributed by atoms with Gasteiger partial charge in [0.1, 0.15) is 22.3 Å². The van der Waals surface area contributed by atoms with Gasteiger partial charge in [-0.3, -0.25) is 4.79 Å². The number of fused-ring (bicyclic) bond motifs is 2. The molecule has 3 aromatic carbocycles. The molecule has 5 rings (SSSR count). The average Bonchev–Trinajstić information content (AvgIpc) is 2.90. The SMILES string of the molecule is COc1cc(NC(=O)CSc2nc(-c3ccccc3)nc3c2Cc2ccccc2O3)cc(OC)c1. The smallest absolute Gasteiger partial charge is 0.234 e. The van der Waals surface area contributed by atoms with Gasteiger partial charge in [0, 0.05) is 35.9 Å². The molecule has 0 spiro atoms. The molecule has 0 saturated heterocycles. The molecule has 35 heavy (non-hydrogen) atoms. The van der Waals surface area contributed by atoms with Crippen molar-refractivity contribution >= 4 is 23.4 Å². The van der Waals surface area contributed by atoms with Gasteiger partial charge in [0.15, 0.2) is 5.82 Å². The summed E-state index contributed by atoms with van der Waals surface area (Å²) in [5.74, 6) is 3.07. The Labute approximate surface area is 207 Å². The molecule has 1 aromatic heterocycles. The first kappa shape index (κ1) is 22.7. The van der Waals surface area contributed by atoms with Crippen LogP contribution in [0.15, 0.2) is 77.8 Å².